The third-order valence-electron chi connectivity index (χ3n) is 24.1. The normalized spacial score (nSPS) is 25.4. The highest BCUT2D eigenvalue weighted by molar-refractivity contribution is 7.47. The van der Waals surface area contributed by atoms with Crippen molar-refractivity contribution in [3.8, 4) is 0 Å². The van der Waals surface area contributed by atoms with Crippen LogP contribution >= 0.6 is 7.82 Å². The number of allylic oxidation sites excluding steroid dienone is 2. The molecule has 0 radical (unpaired) electrons. The van der Waals surface area contributed by atoms with E-state index in [0.717, 1.165) is 148 Å². The molecule has 25 nitrogen and oxygen atoms in total. The number of phosphoric acid groups is 1. The van der Waals surface area contributed by atoms with E-state index in [2.05, 4.69) is 53.7 Å². The molecule has 3 fully saturated rings. The number of ether oxygens (including phenoxy) is 8. The van der Waals surface area contributed by atoms with Crippen molar-refractivity contribution in [1.29, 1.82) is 0 Å². The Morgan fingerprint density at radius 1 is 0.353 bits per heavy atom. The molecule has 3 rings (SSSR count). The van der Waals surface area contributed by atoms with Crippen LogP contribution in [0.2, 0.25) is 0 Å². The van der Waals surface area contributed by atoms with E-state index in [-0.39, 0.29) is 25.7 Å². The summed E-state index contributed by atoms with van der Waals surface area (Å²) in [6.45, 7) is 10.2. The van der Waals surface area contributed by atoms with E-state index < -0.39 is 162 Å². The Balaban J connectivity index is 1.92. The fourth-order valence-corrected chi connectivity index (χ4v) is 17.2. The standard InChI is InChI=1S/C93H173O25P/c1-7-11-15-19-23-25-27-29-30-32-33-35-37-47-55-63-76(95)109-68-73(112-78(97)65-57-49-38-36-34-31-28-26-24-20-16-12-8-2)69-111-119(107,108)118-91-89(116-92-86(105)82(101)80(99)74(67-94)113-92)85(104)84(103)88(115-79(98)66-58-50-42-40-46-54-62-72(6)60-52-44-22-18-14-10-4)90(91)117-93-87(106)83(102)81(100)75(114-93)70-110-77(96)64-56-48-41-39-45-53-61-71(5)59-51-43-21-17-13-9-3/h25,27,71-75,80-94,99-106H,7-24,26,28-70H2,1-6H3,(H,107,108)/b27-25-. The first kappa shape index (κ1) is 110. The smallest absolute Gasteiger partial charge is 0.463 e. The molecule has 10 N–H and O–H groups in total. The molecular formula is C93H173O25P. The molecule has 1 aliphatic carbocycles. The van der Waals surface area contributed by atoms with E-state index in [1.807, 2.05) is 0 Å². The fourth-order valence-electron chi connectivity index (χ4n) is 16.2. The van der Waals surface area contributed by atoms with Gasteiger partial charge in [-0.1, -0.05) is 349 Å². The van der Waals surface area contributed by atoms with Crippen LogP contribution in [0.5, 0.6) is 0 Å². The Morgan fingerprint density at radius 2 is 0.681 bits per heavy atom. The van der Waals surface area contributed by atoms with Crippen molar-refractivity contribution in [2.45, 2.75) is 518 Å². The van der Waals surface area contributed by atoms with Gasteiger partial charge in [-0.3, -0.25) is 28.2 Å². The van der Waals surface area contributed by atoms with Gasteiger partial charge in [-0.05, 0) is 63.2 Å². The molecule has 20 unspecified atom stereocenters. The lowest BCUT2D eigenvalue weighted by molar-refractivity contribution is -0.360. The maximum atomic E-state index is 14.9. The molecule has 0 aromatic rings. The second-order valence-corrected chi connectivity index (χ2v) is 36.5. The molecule has 0 spiro atoms. The first-order chi connectivity index (χ1) is 57.5. The first-order valence-corrected chi connectivity index (χ1v) is 49.7. The number of hydrogen-bond acceptors (Lipinski definition) is 24. The minimum absolute atomic E-state index is 0.0155. The molecule has 119 heavy (non-hydrogen) atoms. The highest BCUT2D eigenvalue weighted by Crippen LogP contribution is 2.49. The molecule has 0 amide bonds. The second kappa shape index (κ2) is 70.3. The molecule has 700 valence electrons. The molecule has 3 aliphatic rings. The van der Waals surface area contributed by atoms with E-state index in [1.165, 1.54) is 167 Å². The van der Waals surface area contributed by atoms with Gasteiger partial charge in [-0.15, -0.1) is 0 Å². The third-order valence-corrected chi connectivity index (χ3v) is 25.0. The van der Waals surface area contributed by atoms with Crippen LogP contribution in [0.15, 0.2) is 12.2 Å². The quantitative estimate of drug-likeness (QED) is 0.00889. The number of aliphatic hydroxyl groups excluding tert-OH is 9. The van der Waals surface area contributed by atoms with Crippen LogP contribution < -0.4 is 0 Å². The van der Waals surface area contributed by atoms with Gasteiger partial charge in [0.1, 0.15) is 92.6 Å². The molecular weight excluding hydrogens is 1550 g/mol. The van der Waals surface area contributed by atoms with Crippen LogP contribution in [0.25, 0.3) is 0 Å². The maximum Gasteiger partial charge on any atom is 0.472 e. The van der Waals surface area contributed by atoms with Crippen molar-refractivity contribution in [3.63, 3.8) is 0 Å². The highest BCUT2D eigenvalue weighted by Gasteiger charge is 2.60. The van der Waals surface area contributed by atoms with Crippen LogP contribution in [-0.4, -0.2) is 205 Å². The average Bonchev–Trinajstić information content (AvgIpc) is 0.754. The minimum Gasteiger partial charge on any atom is -0.463 e. The highest BCUT2D eigenvalue weighted by atomic mass is 31.2. The lowest BCUT2D eigenvalue weighted by Crippen LogP contribution is -2.70. The summed E-state index contributed by atoms with van der Waals surface area (Å²) in [6, 6.07) is 0. The Hall–Kier alpha value is -2.79. The first-order valence-electron chi connectivity index (χ1n) is 48.2. The Morgan fingerprint density at radius 3 is 1.09 bits per heavy atom. The predicted molar refractivity (Wildman–Crippen MR) is 462 cm³/mol. The van der Waals surface area contributed by atoms with Crippen molar-refractivity contribution in [2.75, 3.05) is 26.4 Å². The van der Waals surface area contributed by atoms with E-state index >= 15 is 0 Å². The summed E-state index contributed by atoms with van der Waals surface area (Å²) in [5, 5.41) is 103. The van der Waals surface area contributed by atoms with Gasteiger partial charge in [0.15, 0.2) is 24.8 Å². The number of hydrogen-bond donors (Lipinski definition) is 10. The number of carbonyl (C=O) groups excluding carboxylic acids is 4. The van der Waals surface area contributed by atoms with E-state index in [4.69, 9.17) is 46.9 Å². The summed E-state index contributed by atoms with van der Waals surface area (Å²) in [5.41, 5.74) is 0. The number of rotatable bonds is 77. The maximum absolute atomic E-state index is 14.9. The summed E-state index contributed by atoms with van der Waals surface area (Å²) in [4.78, 5) is 66.6. The summed E-state index contributed by atoms with van der Waals surface area (Å²) >= 11 is 0. The number of unbranched alkanes of at least 4 members (excludes halogenated alkanes) is 43. The molecule has 20 atom stereocenters. The molecule has 0 aromatic carbocycles. The zero-order valence-electron chi connectivity index (χ0n) is 75.0. The SMILES string of the molecule is CCCCCC/C=C\CCCCCCCCCC(=O)OCC(COP(=O)(O)OC1C(OC2OC(CO)C(O)C(O)C2O)C(O)C(O)C(OC(=O)CCCCCCCCC(C)CCCCCCCC)C1OC1OC(COC(=O)CCCCCCCCC(C)CCCCCCCC)C(O)C(O)C1O)OC(=O)CCCCCCCCCCCCCCC. The summed E-state index contributed by atoms with van der Waals surface area (Å²) in [7, 11) is -5.81. The number of aliphatic hydroxyl groups is 9. The summed E-state index contributed by atoms with van der Waals surface area (Å²) in [5.74, 6) is -1.65. The van der Waals surface area contributed by atoms with Crippen molar-refractivity contribution in [1.82, 2.24) is 0 Å². The van der Waals surface area contributed by atoms with Crippen molar-refractivity contribution >= 4 is 31.7 Å². The van der Waals surface area contributed by atoms with Gasteiger partial charge in [0.2, 0.25) is 0 Å². The molecule has 0 aromatic heterocycles. The van der Waals surface area contributed by atoms with Crippen LogP contribution in [-0.2, 0) is 70.7 Å². The number of phosphoric ester groups is 1. The van der Waals surface area contributed by atoms with Crippen molar-refractivity contribution < 1.29 is 122 Å². The van der Waals surface area contributed by atoms with Gasteiger partial charge in [-0.25, -0.2) is 4.57 Å². The Labute approximate surface area is 718 Å². The molecule has 2 heterocycles. The third kappa shape index (κ3) is 51.0. The second-order valence-electron chi connectivity index (χ2n) is 35.1. The van der Waals surface area contributed by atoms with Crippen molar-refractivity contribution in [3.05, 3.63) is 12.2 Å². The van der Waals surface area contributed by atoms with Crippen LogP contribution in [0.3, 0.4) is 0 Å². The van der Waals surface area contributed by atoms with E-state index in [9.17, 15) is 74.6 Å². The summed E-state index contributed by atoms with van der Waals surface area (Å²) < 4.78 is 73.6. The van der Waals surface area contributed by atoms with Gasteiger partial charge < -0.3 is 88.7 Å². The Kier molecular flexibility index (Phi) is 65.2. The Bertz CT molecular complexity index is 2550. The van der Waals surface area contributed by atoms with Gasteiger partial charge in [0, 0.05) is 25.7 Å². The molecule has 2 aliphatic heterocycles. The van der Waals surface area contributed by atoms with Gasteiger partial charge in [0.05, 0.1) is 13.2 Å². The molecule has 0 bridgehead atoms. The van der Waals surface area contributed by atoms with Crippen LogP contribution in [0.4, 0.5) is 0 Å². The minimum atomic E-state index is -5.81. The van der Waals surface area contributed by atoms with Gasteiger partial charge in [-0.2, -0.15) is 0 Å². The molecule has 1 saturated carbocycles. The average molecular weight is 1720 g/mol. The van der Waals surface area contributed by atoms with Crippen LogP contribution in [0, 0.1) is 11.8 Å². The van der Waals surface area contributed by atoms with Crippen LogP contribution in [0.1, 0.15) is 414 Å². The van der Waals surface area contributed by atoms with Gasteiger partial charge in [0.25, 0.3) is 0 Å². The fraction of sp³-hybridized carbons (Fsp3) is 0.935. The predicted octanol–water partition coefficient (Wildman–Crippen LogP) is 18.0. The summed E-state index contributed by atoms with van der Waals surface area (Å²) in [6.07, 6.45) is 26.3. The number of esters is 4. The van der Waals surface area contributed by atoms with Crippen molar-refractivity contribution in [2.24, 2.45) is 11.8 Å². The lowest BCUT2D eigenvalue weighted by Gasteiger charge is -2.50. The zero-order chi connectivity index (χ0) is 87.1. The monoisotopic (exact) mass is 1720 g/mol. The van der Waals surface area contributed by atoms with E-state index in [1.54, 1.807) is 0 Å². The molecule has 26 heteroatoms. The number of carbonyl (C=O) groups is 4. The lowest BCUT2D eigenvalue weighted by atomic mass is 9.84. The largest absolute Gasteiger partial charge is 0.472 e. The van der Waals surface area contributed by atoms with Gasteiger partial charge >= 0.3 is 31.7 Å². The van der Waals surface area contributed by atoms with E-state index in [0.29, 0.717) is 43.9 Å². The topological polar surface area (TPSA) is 380 Å². The molecule has 2 saturated heterocycles. The zero-order valence-corrected chi connectivity index (χ0v) is 75.9.